The number of hydrogen-bond acceptors (Lipinski definition) is 7. The maximum absolute atomic E-state index is 13.8. The molecule has 1 amide bonds. The Bertz CT molecular complexity index is 1340. The number of carboxylic acid groups (broad SMARTS) is 1. The highest BCUT2D eigenvalue weighted by atomic mass is 32.2. The molecule has 2 unspecified atom stereocenters. The summed E-state index contributed by atoms with van der Waals surface area (Å²) < 4.78 is 32.2. The van der Waals surface area contributed by atoms with Crippen molar-refractivity contribution in [3.63, 3.8) is 0 Å². The first kappa shape index (κ1) is 26.2. The van der Waals surface area contributed by atoms with E-state index in [9.17, 15) is 18.4 Å². The van der Waals surface area contributed by atoms with Crippen LogP contribution in [0.5, 0.6) is 11.5 Å². The summed E-state index contributed by atoms with van der Waals surface area (Å²) in [7, 11) is 0. The molecule has 1 saturated carbocycles. The van der Waals surface area contributed by atoms with E-state index < -0.39 is 34.8 Å². The number of hydrogen-bond donors (Lipinski definition) is 4. The van der Waals surface area contributed by atoms with Gasteiger partial charge in [0, 0.05) is 41.2 Å². The van der Waals surface area contributed by atoms with Crippen molar-refractivity contribution in [2.45, 2.75) is 36.6 Å². The third-order valence-electron chi connectivity index (χ3n) is 6.13. The highest BCUT2D eigenvalue weighted by Crippen LogP contribution is 2.59. The molecule has 11 heteroatoms. The number of nitrogens with two attached hydrogens (primary N) is 2. The molecular formula is C26H26F2N4O4S. The van der Waals surface area contributed by atoms with Crippen LogP contribution < -0.4 is 21.5 Å². The fourth-order valence-corrected chi connectivity index (χ4v) is 5.11. The first-order valence-electron chi connectivity index (χ1n) is 11.3. The van der Waals surface area contributed by atoms with E-state index >= 15 is 0 Å². The van der Waals surface area contributed by atoms with Gasteiger partial charge in [0.1, 0.15) is 17.4 Å². The molecule has 2 aromatic carbocycles. The molecule has 8 nitrogen and oxygen atoms in total. The van der Waals surface area contributed by atoms with Crippen LogP contribution in [0.3, 0.4) is 0 Å². The minimum atomic E-state index is -1.50. The molecule has 0 radical (unpaired) electrons. The number of nitrogens with one attached hydrogen (secondary N) is 1. The van der Waals surface area contributed by atoms with Gasteiger partial charge < -0.3 is 26.6 Å². The molecular weight excluding hydrogens is 502 g/mol. The van der Waals surface area contributed by atoms with Gasteiger partial charge in [-0.2, -0.15) is 0 Å². The fraction of sp³-hybridized carbons (Fsp3) is 0.269. The molecule has 194 valence electrons. The molecule has 1 fully saturated rings. The molecule has 5 rings (SSSR count). The van der Waals surface area contributed by atoms with Crippen LogP contribution in [0.1, 0.15) is 31.7 Å². The van der Waals surface area contributed by atoms with Gasteiger partial charge in [-0.05, 0) is 50.1 Å². The highest BCUT2D eigenvalue weighted by molar-refractivity contribution is 7.99. The van der Waals surface area contributed by atoms with Crippen molar-refractivity contribution in [1.29, 1.82) is 0 Å². The topological polar surface area (TPSA) is 141 Å². The van der Waals surface area contributed by atoms with Crippen molar-refractivity contribution >= 4 is 35.1 Å². The smallest absolute Gasteiger partial charge is 0.319 e. The number of carbonyl (C=O) groups is 2. The second-order valence-electron chi connectivity index (χ2n) is 9.53. The lowest BCUT2D eigenvalue weighted by atomic mass is 9.98. The van der Waals surface area contributed by atoms with Gasteiger partial charge in [0.05, 0.1) is 4.90 Å². The predicted octanol–water partition coefficient (Wildman–Crippen LogP) is 4.76. The van der Waals surface area contributed by atoms with E-state index in [2.05, 4.69) is 24.1 Å². The number of ether oxygens (including phenoxy) is 1. The number of pyridine rings is 1. The number of aliphatic carboxylic acids is 1. The standard InChI is InChI=1S/C15H16FN3OS.C11H10FNO3/c1-15(2)8-21-13-12(5-6-18-14(13)19-15)20-11-4-3-9(17)7-10(11)16;12-7-3-1-6(2-4-7)8-5-11(8,9(13)14)10(15)16/h3-7H,8,17H2,1-2H3,(H,18,19);1-4,8H,5H2,(H2,13,14)(H,15,16). The maximum Gasteiger partial charge on any atom is 0.319 e. The number of nitrogens with zero attached hydrogens (tertiary/aromatic N) is 1. The molecule has 0 spiro atoms. The summed E-state index contributed by atoms with van der Waals surface area (Å²) in [4.78, 5) is 27.4. The number of rotatable bonds is 5. The van der Waals surface area contributed by atoms with Crippen molar-refractivity contribution in [3.05, 3.63) is 71.9 Å². The number of primary amides is 1. The molecule has 6 N–H and O–H groups in total. The predicted molar refractivity (Wildman–Crippen MR) is 137 cm³/mol. The van der Waals surface area contributed by atoms with Crippen LogP contribution in [-0.4, -0.2) is 33.3 Å². The molecule has 2 atom stereocenters. The first-order valence-corrected chi connectivity index (χ1v) is 12.3. The van der Waals surface area contributed by atoms with Gasteiger partial charge in [-0.15, -0.1) is 11.8 Å². The average molecular weight is 529 g/mol. The summed E-state index contributed by atoms with van der Waals surface area (Å²) in [5.74, 6) is -0.971. The number of carboxylic acids is 1. The number of fused-ring (bicyclic) bond motifs is 1. The van der Waals surface area contributed by atoms with Crippen LogP contribution in [0.15, 0.2) is 59.6 Å². The Morgan fingerprint density at radius 2 is 1.84 bits per heavy atom. The number of amides is 1. The van der Waals surface area contributed by atoms with Crippen LogP contribution in [-0.2, 0) is 9.59 Å². The molecule has 0 saturated heterocycles. The number of halogens is 2. The third kappa shape index (κ3) is 5.46. The minimum absolute atomic E-state index is 0.0320. The Balaban J connectivity index is 0.000000180. The minimum Gasteiger partial charge on any atom is -0.480 e. The van der Waals surface area contributed by atoms with Crippen molar-refractivity contribution < 1.29 is 28.2 Å². The van der Waals surface area contributed by atoms with Gasteiger partial charge in [0.15, 0.2) is 17.0 Å². The Labute approximate surface area is 216 Å². The largest absolute Gasteiger partial charge is 0.480 e. The van der Waals surface area contributed by atoms with Gasteiger partial charge in [0.25, 0.3) is 0 Å². The van der Waals surface area contributed by atoms with Crippen LogP contribution >= 0.6 is 11.8 Å². The zero-order valence-corrected chi connectivity index (χ0v) is 20.9. The maximum atomic E-state index is 13.8. The van der Waals surface area contributed by atoms with E-state index in [-0.39, 0.29) is 17.7 Å². The van der Waals surface area contributed by atoms with E-state index in [1.807, 2.05) is 0 Å². The highest BCUT2D eigenvalue weighted by Gasteiger charge is 2.65. The van der Waals surface area contributed by atoms with Crippen molar-refractivity contribution in [1.82, 2.24) is 4.98 Å². The lowest BCUT2D eigenvalue weighted by Gasteiger charge is -2.32. The summed E-state index contributed by atoms with van der Waals surface area (Å²) in [5, 5.41) is 12.3. The number of aromatic nitrogens is 1. The van der Waals surface area contributed by atoms with Crippen molar-refractivity contribution in [3.8, 4) is 11.5 Å². The van der Waals surface area contributed by atoms with E-state index in [0.717, 1.165) is 16.5 Å². The number of nitrogen functional groups attached to an aromatic ring is 1. The summed E-state index contributed by atoms with van der Waals surface area (Å²) in [6.07, 6.45) is 1.83. The first-order chi connectivity index (χ1) is 17.4. The number of thioether (sulfide) groups is 1. The normalized spacial score (nSPS) is 20.9. The monoisotopic (exact) mass is 528 g/mol. The van der Waals surface area contributed by atoms with Gasteiger partial charge in [-0.3, -0.25) is 9.59 Å². The molecule has 2 aliphatic rings. The van der Waals surface area contributed by atoms with Crippen LogP contribution in [0, 0.1) is 17.0 Å². The van der Waals surface area contributed by atoms with Crippen LogP contribution in [0.4, 0.5) is 20.3 Å². The molecule has 1 aromatic heterocycles. The van der Waals surface area contributed by atoms with Gasteiger partial charge in [-0.1, -0.05) is 12.1 Å². The zero-order chi connectivity index (χ0) is 27.0. The quantitative estimate of drug-likeness (QED) is 0.274. The summed E-state index contributed by atoms with van der Waals surface area (Å²) in [6.45, 7) is 4.22. The third-order valence-corrected chi connectivity index (χ3v) is 7.68. The Morgan fingerprint density at radius 3 is 2.43 bits per heavy atom. The van der Waals surface area contributed by atoms with E-state index in [1.165, 1.54) is 36.4 Å². The van der Waals surface area contributed by atoms with E-state index in [4.69, 9.17) is 21.3 Å². The molecule has 2 heterocycles. The number of carbonyl (C=O) groups excluding carboxylic acids is 1. The zero-order valence-electron chi connectivity index (χ0n) is 20.1. The van der Waals surface area contributed by atoms with Crippen molar-refractivity contribution in [2.75, 3.05) is 16.8 Å². The van der Waals surface area contributed by atoms with E-state index in [1.54, 1.807) is 30.1 Å². The molecule has 3 aromatic rings. The Morgan fingerprint density at radius 1 is 1.14 bits per heavy atom. The second kappa shape index (κ2) is 9.89. The lowest BCUT2D eigenvalue weighted by Crippen LogP contribution is -2.36. The molecule has 1 aliphatic carbocycles. The summed E-state index contributed by atoms with van der Waals surface area (Å²) in [5.41, 5.74) is 10.1. The molecule has 1 aliphatic heterocycles. The fourth-order valence-electron chi connectivity index (χ4n) is 4.04. The molecule has 37 heavy (non-hydrogen) atoms. The van der Waals surface area contributed by atoms with Gasteiger partial charge in [-0.25, -0.2) is 13.8 Å². The van der Waals surface area contributed by atoms with E-state index in [0.29, 0.717) is 17.0 Å². The number of benzene rings is 2. The second-order valence-corrected chi connectivity index (χ2v) is 10.5. The van der Waals surface area contributed by atoms with Crippen LogP contribution in [0.25, 0.3) is 0 Å². The Hall–Kier alpha value is -3.86. The summed E-state index contributed by atoms with van der Waals surface area (Å²) in [6, 6.07) is 11.6. The molecule has 0 bridgehead atoms. The van der Waals surface area contributed by atoms with Crippen LogP contribution in [0.2, 0.25) is 0 Å². The summed E-state index contributed by atoms with van der Waals surface area (Å²) >= 11 is 1.65. The average Bonchev–Trinajstić information content (AvgIpc) is 3.59. The lowest BCUT2D eigenvalue weighted by molar-refractivity contribution is -0.148. The number of anilines is 2. The van der Waals surface area contributed by atoms with Gasteiger partial charge in [0.2, 0.25) is 5.91 Å². The Kier molecular flexibility index (Phi) is 7.00. The SMILES string of the molecule is CC1(C)CSc2c(Oc3ccc(N)cc3F)ccnc2N1.NC(=O)C1(C(=O)O)CC1c1ccc(F)cc1. The van der Waals surface area contributed by atoms with Gasteiger partial charge >= 0.3 is 5.97 Å². The van der Waals surface area contributed by atoms with Crippen molar-refractivity contribution in [2.24, 2.45) is 11.1 Å².